The third-order valence-electron chi connectivity index (χ3n) is 5.24. The highest BCUT2D eigenvalue weighted by molar-refractivity contribution is 7.99. The van der Waals surface area contributed by atoms with Gasteiger partial charge in [0.25, 0.3) is 11.6 Å². The second-order valence-corrected chi connectivity index (χ2v) is 8.50. The average Bonchev–Trinajstić information content (AvgIpc) is 2.85. The molecule has 9 heteroatoms. The quantitative estimate of drug-likeness (QED) is 0.402. The van der Waals surface area contributed by atoms with E-state index in [0.29, 0.717) is 23.0 Å². The van der Waals surface area contributed by atoms with Gasteiger partial charge in [0.15, 0.2) is 0 Å². The minimum Gasteiger partial charge on any atom is -0.378 e. The molecule has 1 aliphatic heterocycles. The van der Waals surface area contributed by atoms with Crippen LogP contribution < -0.4 is 10.2 Å². The van der Waals surface area contributed by atoms with Crippen LogP contribution in [0.4, 0.5) is 15.8 Å². The summed E-state index contributed by atoms with van der Waals surface area (Å²) in [5.74, 6) is -0.887. The number of halogens is 1. The van der Waals surface area contributed by atoms with Crippen LogP contribution >= 0.6 is 11.8 Å². The molecule has 0 spiro atoms. The maximum Gasteiger partial charge on any atom is 0.270 e. The number of rotatable bonds is 7. The Kier molecular flexibility index (Phi) is 7.21. The Hall–Kier alpha value is -3.43. The van der Waals surface area contributed by atoms with Crippen LogP contribution in [-0.4, -0.2) is 37.1 Å². The molecule has 4 rings (SSSR count). The summed E-state index contributed by atoms with van der Waals surface area (Å²) in [6.07, 6.45) is 0. The molecule has 0 bridgehead atoms. The molecule has 0 unspecified atom stereocenters. The number of morpholine rings is 1. The summed E-state index contributed by atoms with van der Waals surface area (Å²) in [4.78, 5) is 26.6. The van der Waals surface area contributed by atoms with Crippen LogP contribution in [0.25, 0.3) is 0 Å². The van der Waals surface area contributed by atoms with Gasteiger partial charge in [-0.15, -0.1) is 0 Å². The first-order chi connectivity index (χ1) is 16.0. The Balaban J connectivity index is 1.48. The second kappa shape index (κ2) is 10.5. The number of ether oxygens (including phenoxy) is 1. The van der Waals surface area contributed by atoms with Crippen molar-refractivity contribution in [1.82, 2.24) is 5.32 Å². The van der Waals surface area contributed by atoms with E-state index in [1.54, 1.807) is 18.2 Å². The van der Waals surface area contributed by atoms with E-state index in [4.69, 9.17) is 4.74 Å². The van der Waals surface area contributed by atoms with Gasteiger partial charge in [-0.3, -0.25) is 14.9 Å². The molecule has 0 aromatic heterocycles. The number of nitrogens with zero attached hydrogens (tertiary/aromatic N) is 2. The second-order valence-electron chi connectivity index (χ2n) is 7.42. The fourth-order valence-electron chi connectivity index (χ4n) is 3.47. The van der Waals surface area contributed by atoms with Crippen molar-refractivity contribution in [3.8, 4) is 0 Å². The molecule has 1 amide bonds. The summed E-state index contributed by atoms with van der Waals surface area (Å²) < 4.78 is 19.5. The van der Waals surface area contributed by atoms with Gasteiger partial charge in [0.05, 0.1) is 23.7 Å². The first kappa shape index (κ1) is 22.8. The molecule has 1 heterocycles. The number of benzene rings is 3. The zero-order valence-electron chi connectivity index (χ0n) is 17.7. The van der Waals surface area contributed by atoms with E-state index in [1.807, 2.05) is 24.3 Å². The predicted octanol–water partition coefficient (Wildman–Crippen LogP) is 4.65. The van der Waals surface area contributed by atoms with Crippen molar-refractivity contribution in [3.63, 3.8) is 0 Å². The Morgan fingerprint density at radius 3 is 2.48 bits per heavy atom. The molecule has 33 heavy (non-hydrogen) atoms. The summed E-state index contributed by atoms with van der Waals surface area (Å²) in [5, 5.41) is 14.1. The largest absolute Gasteiger partial charge is 0.378 e. The number of non-ortho nitro benzene ring substituents is 1. The Morgan fingerprint density at radius 2 is 1.79 bits per heavy atom. The minimum absolute atomic E-state index is 0.127. The zero-order chi connectivity index (χ0) is 23.2. The van der Waals surface area contributed by atoms with Gasteiger partial charge in [-0.05, 0) is 35.9 Å². The van der Waals surface area contributed by atoms with Gasteiger partial charge in [0, 0.05) is 47.2 Å². The monoisotopic (exact) mass is 467 g/mol. The van der Waals surface area contributed by atoms with E-state index < -0.39 is 16.6 Å². The fourth-order valence-corrected chi connectivity index (χ4v) is 4.41. The van der Waals surface area contributed by atoms with Gasteiger partial charge in [0.1, 0.15) is 5.82 Å². The van der Waals surface area contributed by atoms with Crippen LogP contribution in [0.2, 0.25) is 0 Å². The van der Waals surface area contributed by atoms with E-state index in [0.717, 1.165) is 36.1 Å². The van der Waals surface area contributed by atoms with Gasteiger partial charge < -0.3 is 15.0 Å². The third kappa shape index (κ3) is 5.68. The van der Waals surface area contributed by atoms with E-state index in [-0.39, 0.29) is 17.8 Å². The molecule has 0 saturated carbocycles. The Labute approximate surface area is 194 Å². The first-order valence-electron chi connectivity index (χ1n) is 10.4. The zero-order valence-corrected chi connectivity index (χ0v) is 18.5. The third-order valence-corrected chi connectivity index (χ3v) is 6.37. The van der Waals surface area contributed by atoms with Gasteiger partial charge in [-0.2, -0.15) is 0 Å². The number of carbonyl (C=O) groups excluding carboxylic acids is 1. The lowest BCUT2D eigenvalue weighted by Crippen LogP contribution is -2.36. The molecule has 1 N–H and O–H groups in total. The summed E-state index contributed by atoms with van der Waals surface area (Å²) >= 11 is 1.05. The molecule has 1 aliphatic rings. The lowest BCUT2D eigenvalue weighted by Gasteiger charge is -2.28. The van der Waals surface area contributed by atoms with Crippen LogP contribution in [0.5, 0.6) is 0 Å². The maximum atomic E-state index is 14.1. The molecule has 170 valence electrons. The highest BCUT2D eigenvalue weighted by Gasteiger charge is 2.19. The SMILES string of the molecule is O=C(NCc1ccc(N2CCOCC2)cc1)c1cc([N+](=O)[O-])ccc1Sc1ccccc1F. The van der Waals surface area contributed by atoms with Crippen molar-refractivity contribution in [2.24, 2.45) is 0 Å². The Bertz CT molecular complexity index is 1150. The molecular weight excluding hydrogens is 445 g/mol. The van der Waals surface area contributed by atoms with Gasteiger partial charge in [-0.1, -0.05) is 36.0 Å². The molecule has 3 aromatic rings. The van der Waals surface area contributed by atoms with E-state index in [2.05, 4.69) is 10.2 Å². The van der Waals surface area contributed by atoms with Gasteiger partial charge >= 0.3 is 0 Å². The van der Waals surface area contributed by atoms with Crippen molar-refractivity contribution < 1.29 is 18.8 Å². The molecule has 1 fully saturated rings. The normalized spacial score (nSPS) is 13.5. The van der Waals surface area contributed by atoms with Crippen LogP contribution in [-0.2, 0) is 11.3 Å². The Morgan fingerprint density at radius 1 is 1.06 bits per heavy atom. The van der Waals surface area contributed by atoms with Crippen molar-refractivity contribution in [3.05, 3.63) is 93.8 Å². The van der Waals surface area contributed by atoms with Crippen molar-refractivity contribution in [2.75, 3.05) is 31.2 Å². The molecule has 0 aliphatic carbocycles. The summed E-state index contributed by atoms with van der Waals surface area (Å²) in [5.41, 5.74) is 1.92. The lowest BCUT2D eigenvalue weighted by atomic mass is 10.1. The van der Waals surface area contributed by atoms with E-state index >= 15 is 0 Å². The van der Waals surface area contributed by atoms with Crippen molar-refractivity contribution >= 4 is 29.0 Å². The molecule has 7 nitrogen and oxygen atoms in total. The van der Waals surface area contributed by atoms with Gasteiger partial charge in [0.2, 0.25) is 0 Å². The lowest BCUT2D eigenvalue weighted by molar-refractivity contribution is -0.384. The number of hydrogen-bond acceptors (Lipinski definition) is 6. The number of nitro benzene ring substituents is 1. The summed E-state index contributed by atoms with van der Waals surface area (Å²) in [6.45, 7) is 3.34. The van der Waals surface area contributed by atoms with Gasteiger partial charge in [-0.25, -0.2) is 4.39 Å². The number of amides is 1. The number of nitro groups is 1. The fraction of sp³-hybridized carbons (Fsp3) is 0.208. The topological polar surface area (TPSA) is 84.7 Å². The average molecular weight is 468 g/mol. The van der Waals surface area contributed by atoms with Crippen LogP contribution in [0, 0.1) is 15.9 Å². The minimum atomic E-state index is -0.557. The van der Waals surface area contributed by atoms with Crippen LogP contribution in [0.15, 0.2) is 76.5 Å². The summed E-state index contributed by atoms with van der Waals surface area (Å²) in [6, 6.07) is 18.1. The number of hydrogen-bond donors (Lipinski definition) is 1. The maximum absolute atomic E-state index is 14.1. The standard InChI is InChI=1S/C24H22FN3O4S/c25-21-3-1-2-4-23(21)33-22-10-9-19(28(30)31)15-20(22)24(29)26-16-17-5-7-18(8-6-17)27-11-13-32-14-12-27/h1-10,15H,11-14,16H2,(H,26,29). The molecule has 3 aromatic carbocycles. The molecule has 0 radical (unpaired) electrons. The predicted molar refractivity (Wildman–Crippen MR) is 124 cm³/mol. The highest BCUT2D eigenvalue weighted by atomic mass is 32.2. The van der Waals surface area contributed by atoms with Crippen LogP contribution in [0.3, 0.4) is 0 Å². The first-order valence-corrected chi connectivity index (χ1v) is 11.2. The van der Waals surface area contributed by atoms with E-state index in [1.165, 1.54) is 24.3 Å². The van der Waals surface area contributed by atoms with E-state index in [9.17, 15) is 19.3 Å². The molecule has 1 saturated heterocycles. The molecule has 0 atom stereocenters. The number of anilines is 1. The highest BCUT2D eigenvalue weighted by Crippen LogP contribution is 2.34. The smallest absolute Gasteiger partial charge is 0.270 e. The molecular formula is C24H22FN3O4S. The number of nitrogens with one attached hydrogen (secondary N) is 1. The summed E-state index contributed by atoms with van der Waals surface area (Å²) in [7, 11) is 0. The van der Waals surface area contributed by atoms with Crippen molar-refractivity contribution in [1.29, 1.82) is 0 Å². The number of carbonyl (C=O) groups is 1. The van der Waals surface area contributed by atoms with Crippen LogP contribution in [0.1, 0.15) is 15.9 Å². The van der Waals surface area contributed by atoms with Crippen molar-refractivity contribution in [2.45, 2.75) is 16.3 Å².